The van der Waals surface area contributed by atoms with Gasteiger partial charge in [0.1, 0.15) is 0 Å². The summed E-state index contributed by atoms with van der Waals surface area (Å²) in [5.74, 6) is -0.00996. The molecule has 0 amide bonds. The van der Waals surface area contributed by atoms with Crippen LogP contribution < -0.4 is 5.14 Å². The topological polar surface area (TPSA) is 78.6 Å². The van der Waals surface area contributed by atoms with Crippen molar-refractivity contribution in [3.05, 3.63) is 33.4 Å². The van der Waals surface area contributed by atoms with Crippen LogP contribution >= 0.6 is 22.6 Å². The van der Waals surface area contributed by atoms with Crippen LogP contribution in [0.1, 0.15) is 25.0 Å². The third kappa shape index (κ3) is 4.12. The molecule has 19 heavy (non-hydrogen) atoms. The lowest BCUT2D eigenvalue weighted by atomic mass is 9.95. The van der Waals surface area contributed by atoms with Crippen molar-refractivity contribution in [1.82, 2.24) is 0 Å². The van der Waals surface area contributed by atoms with Crippen molar-refractivity contribution >= 4 is 32.9 Å². The van der Waals surface area contributed by atoms with Crippen LogP contribution in [0.15, 0.2) is 24.3 Å². The van der Waals surface area contributed by atoms with E-state index >= 15 is 0 Å². The van der Waals surface area contributed by atoms with Crippen LogP contribution in [-0.4, -0.2) is 21.1 Å². The van der Waals surface area contributed by atoms with Gasteiger partial charge >= 0.3 is 10.3 Å². The van der Waals surface area contributed by atoms with Crippen LogP contribution in [0.5, 0.6) is 0 Å². The van der Waals surface area contributed by atoms with E-state index in [1.807, 2.05) is 31.2 Å². The first-order valence-corrected chi connectivity index (χ1v) is 8.49. The monoisotopic (exact) mass is 397 g/mol. The molecule has 1 aliphatic rings. The molecule has 0 spiro atoms. The Hall–Kier alpha value is -0.220. The van der Waals surface area contributed by atoms with Crippen molar-refractivity contribution in [2.24, 2.45) is 11.1 Å². The van der Waals surface area contributed by atoms with E-state index in [-0.39, 0.29) is 24.7 Å². The van der Waals surface area contributed by atoms with Gasteiger partial charge in [0.2, 0.25) is 0 Å². The minimum Gasteiger partial charge on any atom is -0.370 e. The standard InChI is InChI=1S/C12H16INO4S/c1-8-6-9(7-17-19(14,15)16)12(18-8)10-4-2-3-5-11(10)13/h2-5,8-9,12H,6-7H2,1H3,(H2,14,15,16)/t8?,9-,12+/m0/s1. The second-order valence-electron chi connectivity index (χ2n) is 4.66. The highest BCUT2D eigenvalue weighted by atomic mass is 127. The number of rotatable bonds is 4. The predicted octanol–water partition coefficient (Wildman–Crippen LogP) is 1.98. The first kappa shape index (κ1) is 15.2. The molecule has 7 heteroatoms. The van der Waals surface area contributed by atoms with Gasteiger partial charge in [0.25, 0.3) is 0 Å². The molecule has 1 unspecified atom stereocenters. The average Bonchev–Trinajstić information content (AvgIpc) is 2.67. The summed E-state index contributed by atoms with van der Waals surface area (Å²) in [5, 5.41) is 4.87. The fourth-order valence-corrected chi connectivity index (χ4v) is 3.40. The number of hydrogen-bond acceptors (Lipinski definition) is 4. The number of halogens is 1. The van der Waals surface area contributed by atoms with Crippen LogP contribution in [0.3, 0.4) is 0 Å². The van der Waals surface area contributed by atoms with Gasteiger partial charge < -0.3 is 4.74 Å². The van der Waals surface area contributed by atoms with E-state index in [1.165, 1.54) is 0 Å². The maximum atomic E-state index is 10.9. The van der Waals surface area contributed by atoms with Gasteiger partial charge in [-0.1, -0.05) is 18.2 Å². The van der Waals surface area contributed by atoms with E-state index in [0.717, 1.165) is 15.6 Å². The van der Waals surface area contributed by atoms with E-state index in [1.54, 1.807) is 0 Å². The predicted molar refractivity (Wildman–Crippen MR) is 79.6 cm³/mol. The molecular weight excluding hydrogens is 381 g/mol. The number of nitrogens with two attached hydrogens (primary N) is 1. The molecule has 1 fully saturated rings. The molecule has 2 N–H and O–H groups in total. The number of ether oxygens (including phenoxy) is 1. The van der Waals surface area contributed by atoms with Gasteiger partial charge in [-0.3, -0.25) is 4.18 Å². The zero-order valence-electron chi connectivity index (χ0n) is 10.5. The fraction of sp³-hybridized carbons (Fsp3) is 0.500. The molecule has 106 valence electrons. The van der Waals surface area contributed by atoms with E-state index in [2.05, 4.69) is 22.6 Å². The summed E-state index contributed by atoms with van der Waals surface area (Å²) >= 11 is 2.25. The maximum absolute atomic E-state index is 10.9. The molecule has 1 aliphatic heterocycles. The minimum absolute atomic E-state index is 0.00996. The Morgan fingerprint density at radius 3 is 2.79 bits per heavy atom. The SMILES string of the molecule is CC1C[C@@H](COS(N)(=O)=O)[C@H](c2ccccc2I)O1. The Labute approximate surface area is 126 Å². The molecule has 3 atom stereocenters. The van der Waals surface area contributed by atoms with Crippen molar-refractivity contribution in [2.45, 2.75) is 25.6 Å². The summed E-state index contributed by atoms with van der Waals surface area (Å²) in [4.78, 5) is 0. The highest BCUT2D eigenvalue weighted by Gasteiger charge is 2.35. The molecule has 1 heterocycles. The fourth-order valence-electron chi connectivity index (χ4n) is 2.34. The Morgan fingerprint density at radius 2 is 2.16 bits per heavy atom. The zero-order chi connectivity index (χ0) is 14.0. The van der Waals surface area contributed by atoms with Crippen molar-refractivity contribution in [3.8, 4) is 0 Å². The van der Waals surface area contributed by atoms with Crippen molar-refractivity contribution in [1.29, 1.82) is 0 Å². The smallest absolute Gasteiger partial charge is 0.333 e. The largest absolute Gasteiger partial charge is 0.370 e. The highest BCUT2D eigenvalue weighted by Crippen LogP contribution is 2.39. The molecule has 0 aromatic heterocycles. The van der Waals surface area contributed by atoms with Gasteiger partial charge in [0.15, 0.2) is 0 Å². The third-order valence-electron chi connectivity index (χ3n) is 3.10. The Morgan fingerprint density at radius 1 is 1.47 bits per heavy atom. The number of benzene rings is 1. The molecule has 1 aromatic rings. The Bertz CT molecular complexity index is 548. The van der Waals surface area contributed by atoms with Crippen LogP contribution in [0.25, 0.3) is 0 Å². The first-order chi connectivity index (χ1) is 8.87. The molecule has 1 saturated heterocycles. The van der Waals surface area contributed by atoms with Crippen molar-refractivity contribution < 1.29 is 17.3 Å². The third-order valence-corrected chi connectivity index (χ3v) is 4.55. The molecule has 0 radical (unpaired) electrons. The van der Waals surface area contributed by atoms with Crippen molar-refractivity contribution in [2.75, 3.05) is 6.61 Å². The molecule has 5 nitrogen and oxygen atoms in total. The van der Waals surface area contributed by atoms with Crippen LogP contribution in [0, 0.1) is 9.49 Å². The van der Waals surface area contributed by atoms with Gasteiger partial charge in [0, 0.05) is 9.49 Å². The van der Waals surface area contributed by atoms with E-state index < -0.39 is 10.3 Å². The summed E-state index contributed by atoms with van der Waals surface area (Å²) in [5.41, 5.74) is 1.07. The molecular formula is C12H16INO4S. The van der Waals surface area contributed by atoms with E-state index in [9.17, 15) is 8.42 Å². The quantitative estimate of drug-likeness (QED) is 0.789. The van der Waals surface area contributed by atoms with Gasteiger partial charge in [-0.05, 0) is 47.6 Å². The normalized spacial score (nSPS) is 27.6. The summed E-state index contributed by atoms with van der Waals surface area (Å²) in [6, 6.07) is 7.90. The summed E-state index contributed by atoms with van der Waals surface area (Å²) in [6.07, 6.45) is 0.686. The van der Waals surface area contributed by atoms with Crippen molar-refractivity contribution in [3.63, 3.8) is 0 Å². The molecule has 0 bridgehead atoms. The van der Waals surface area contributed by atoms with Crippen LogP contribution in [0.2, 0.25) is 0 Å². The summed E-state index contributed by atoms with van der Waals surface area (Å²) in [6.45, 7) is 2.03. The average molecular weight is 397 g/mol. The first-order valence-electron chi connectivity index (χ1n) is 5.94. The highest BCUT2D eigenvalue weighted by molar-refractivity contribution is 14.1. The van der Waals surface area contributed by atoms with E-state index in [4.69, 9.17) is 14.1 Å². The zero-order valence-corrected chi connectivity index (χ0v) is 13.4. The Kier molecular flexibility index (Phi) is 4.83. The van der Waals surface area contributed by atoms with Gasteiger partial charge in [-0.15, -0.1) is 0 Å². The van der Waals surface area contributed by atoms with Gasteiger partial charge in [-0.25, -0.2) is 5.14 Å². The second-order valence-corrected chi connectivity index (χ2v) is 7.05. The lowest BCUT2D eigenvalue weighted by Gasteiger charge is -2.19. The van der Waals surface area contributed by atoms with Gasteiger partial charge in [0.05, 0.1) is 18.8 Å². The lowest BCUT2D eigenvalue weighted by molar-refractivity contribution is 0.0359. The molecule has 0 aliphatic carbocycles. The summed E-state index contributed by atoms with van der Waals surface area (Å²) in [7, 11) is -3.90. The molecule has 2 rings (SSSR count). The second kappa shape index (κ2) is 6.04. The van der Waals surface area contributed by atoms with Gasteiger partial charge in [-0.2, -0.15) is 8.42 Å². The lowest BCUT2D eigenvalue weighted by Crippen LogP contribution is -2.22. The number of hydrogen-bond donors (Lipinski definition) is 1. The maximum Gasteiger partial charge on any atom is 0.333 e. The van der Waals surface area contributed by atoms with Crippen LogP contribution in [-0.2, 0) is 19.2 Å². The molecule has 1 aromatic carbocycles. The summed E-state index contributed by atoms with van der Waals surface area (Å²) < 4.78 is 33.5. The minimum atomic E-state index is -3.90. The van der Waals surface area contributed by atoms with E-state index in [0.29, 0.717) is 0 Å². The van der Waals surface area contributed by atoms with Crippen LogP contribution in [0.4, 0.5) is 0 Å². The molecule has 0 saturated carbocycles. The Balaban J connectivity index is 2.16.